The molecule has 5 nitrogen and oxygen atoms in total. The molecule has 0 fully saturated rings. The lowest BCUT2D eigenvalue weighted by atomic mass is 10.1. The molecule has 0 aromatic heterocycles. The summed E-state index contributed by atoms with van der Waals surface area (Å²) in [5.74, 6) is -0.357. The highest BCUT2D eigenvalue weighted by atomic mass is 19.1. The molecule has 1 rings (SSSR count). The minimum absolute atomic E-state index is 0.0781. The van der Waals surface area contributed by atoms with Gasteiger partial charge in [0, 0.05) is 12.0 Å². The standard InChI is InChI=1S/C11H11FO3.C7H18N2/c1-2-11(14)15-10-6-4-3-5-8(10)9(12)7-13;1-9-7-5-3-2-4-6-8/h3-7,9H,2H2,1H3;9H,2-8H2,1H3. The average molecular weight is 340 g/mol. The number of alkyl halides is 1. The molecule has 1 aromatic carbocycles. The van der Waals surface area contributed by atoms with Crippen LogP contribution in [-0.4, -0.2) is 32.4 Å². The Hall–Kier alpha value is -1.79. The molecule has 1 atom stereocenters. The molecule has 0 spiro atoms. The summed E-state index contributed by atoms with van der Waals surface area (Å²) in [6.45, 7) is 3.63. The highest BCUT2D eigenvalue weighted by molar-refractivity contribution is 5.73. The van der Waals surface area contributed by atoms with Crippen LogP contribution in [0, 0.1) is 0 Å². The molecule has 0 aliphatic heterocycles. The summed E-state index contributed by atoms with van der Waals surface area (Å²) in [6, 6.07) is 6.06. The maximum Gasteiger partial charge on any atom is 0.310 e. The van der Waals surface area contributed by atoms with Crippen LogP contribution in [0.25, 0.3) is 0 Å². The molecule has 0 aliphatic carbocycles. The number of carbonyl (C=O) groups excluding carboxylic acids is 2. The summed E-state index contributed by atoms with van der Waals surface area (Å²) in [5.41, 5.74) is 5.41. The zero-order valence-electron chi connectivity index (χ0n) is 14.6. The van der Waals surface area contributed by atoms with Crippen molar-refractivity contribution < 1.29 is 18.7 Å². The Morgan fingerprint density at radius 3 is 2.54 bits per heavy atom. The van der Waals surface area contributed by atoms with Gasteiger partial charge in [0.15, 0.2) is 12.5 Å². The van der Waals surface area contributed by atoms with Crippen LogP contribution in [0.4, 0.5) is 4.39 Å². The first-order valence-corrected chi connectivity index (χ1v) is 8.34. The van der Waals surface area contributed by atoms with Crippen LogP contribution in [0.5, 0.6) is 5.75 Å². The number of halogens is 1. The van der Waals surface area contributed by atoms with Crippen molar-refractivity contribution >= 4 is 12.3 Å². The monoisotopic (exact) mass is 340 g/mol. The second kappa shape index (κ2) is 14.8. The number of unbranched alkanes of at least 4 members (excludes halogenated alkanes) is 3. The molecule has 0 heterocycles. The number of ether oxygens (including phenoxy) is 1. The Labute approximate surface area is 143 Å². The van der Waals surface area contributed by atoms with Crippen LogP contribution in [0.3, 0.4) is 0 Å². The van der Waals surface area contributed by atoms with Gasteiger partial charge in [-0.2, -0.15) is 0 Å². The topological polar surface area (TPSA) is 81.4 Å². The van der Waals surface area contributed by atoms with Gasteiger partial charge in [0.2, 0.25) is 0 Å². The molecule has 24 heavy (non-hydrogen) atoms. The number of para-hydroxylation sites is 1. The van der Waals surface area contributed by atoms with Gasteiger partial charge >= 0.3 is 5.97 Å². The van der Waals surface area contributed by atoms with Crippen LogP contribution in [-0.2, 0) is 9.59 Å². The van der Waals surface area contributed by atoms with E-state index in [1.807, 2.05) is 7.05 Å². The summed E-state index contributed by atoms with van der Waals surface area (Å²) in [6.07, 6.45) is 3.69. The van der Waals surface area contributed by atoms with Crippen LogP contribution in [0.15, 0.2) is 24.3 Å². The van der Waals surface area contributed by atoms with E-state index >= 15 is 0 Å². The fraction of sp³-hybridized carbons (Fsp3) is 0.556. The Kier molecular flexibility index (Phi) is 13.7. The predicted molar refractivity (Wildman–Crippen MR) is 93.7 cm³/mol. The maximum absolute atomic E-state index is 13.1. The summed E-state index contributed by atoms with van der Waals surface area (Å²) >= 11 is 0. The van der Waals surface area contributed by atoms with E-state index < -0.39 is 12.1 Å². The average Bonchev–Trinajstić information content (AvgIpc) is 2.62. The smallest absolute Gasteiger partial charge is 0.310 e. The van der Waals surface area contributed by atoms with Crippen molar-refractivity contribution in [2.75, 3.05) is 20.1 Å². The zero-order valence-corrected chi connectivity index (χ0v) is 14.6. The molecular weight excluding hydrogens is 311 g/mol. The SMILES string of the molecule is CCC(=O)Oc1ccccc1C(F)C=O.CNCCCCCCN. The van der Waals surface area contributed by atoms with Gasteiger partial charge in [0.25, 0.3) is 0 Å². The Morgan fingerprint density at radius 2 is 1.96 bits per heavy atom. The van der Waals surface area contributed by atoms with E-state index in [1.165, 1.54) is 37.8 Å². The number of nitrogens with one attached hydrogen (secondary N) is 1. The Morgan fingerprint density at radius 1 is 1.29 bits per heavy atom. The van der Waals surface area contributed by atoms with Crippen molar-refractivity contribution in [3.8, 4) is 5.75 Å². The van der Waals surface area contributed by atoms with E-state index in [4.69, 9.17) is 10.5 Å². The summed E-state index contributed by atoms with van der Waals surface area (Å²) in [4.78, 5) is 21.3. The third kappa shape index (κ3) is 10.1. The van der Waals surface area contributed by atoms with Gasteiger partial charge in [0.1, 0.15) is 5.75 Å². The molecule has 0 aliphatic rings. The van der Waals surface area contributed by atoms with E-state index in [-0.39, 0.29) is 24.0 Å². The van der Waals surface area contributed by atoms with Gasteiger partial charge in [0.05, 0.1) is 0 Å². The number of rotatable bonds is 10. The molecule has 1 unspecified atom stereocenters. The van der Waals surface area contributed by atoms with E-state index in [9.17, 15) is 14.0 Å². The number of hydrogen-bond donors (Lipinski definition) is 2. The Balaban J connectivity index is 0.000000506. The number of carbonyl (C=O) groups is 2. The quantitative estimate of drug-likeness (QED) is 0.296. The summed E-state index contributed by atoms with van der Waals surface area (Å²) in [5, 5.41) is 3.11. The second-order valence-electron chi connectivity index (χ2n) is 5.21. The lowest BCUT2D eigenvalue weighted by molar-refractivity contribution is -0.134. The lowest BCUT2D eigenvalue weighted by Gasteiger charge is -2.08. The van der Waals surface area contributed by atoms with E-state index in [0.717, 1.165) is 13.1 Å². The van der Waals surface area contributed by atoms with Gasteiger partial charge in [-0.3, -0.25) is 9.59 Å². The molecule has 136 valence electrons. The summed E-state index contributed by atoms with van der Waals surface area (Å²) in [7, 11) is 1.99. The van der Waals surface area contributed by atoms with Gasteiger partial charge < -0.3 is 15.8 Å². The third-order valence-corrected chi connectivity index (χ3v) is 3.23. The van der Waals surface area contributed by atoms with Crippen LogP contribution < -0.4 is 15.8 Å². The highest BCUT2D eigenvalue weighted by Crippen LogP contribution is 2.26. The van der Waals surface area contributed by atoms with Gasteiger partial charge in [-0.25, -0.2) is 4.39 Å². The largest absolute Gasteiger partial charge is 0.426 e. The highest BCUT2D eigenvalue weighted by Gasteiger charge is 2.15. The molecule has 0 amide bonds. The number of esters is 1. The molecule has 6 heteroatoms. The normalized spacial score (nSPS) is 11.2. The van der Waals surface area contributed by atoms with Crippen LogP contribution >= 0.6 is 0 Å². The van der Waals surface area contributed by atoms with Crippen molar-refractivity contribution in [1.29, 1.82) is 0 Å². The minimum Gasteiger partial charge on any atom is -0.426 e. The maximum atomic E-state index is 13.1. The van der Waals surface area contributed by atoms with Crippen molar-refractivity contribution in [1.82, 2.24) is 5.32 Å². The molecule has 3 N–H and O–H groups in total. The summed E-state index contributed by atoms with van der Waals surface area (Å²) < 4.78 is 18.0. The number of nitrogens with two attached hydrogens (primary N) is 1. The zero-order chi connectivity index (χ0) is 18.2. The first kappa shape index (κ1) is 22.2. The molecule has 0 saturated heterocycles. The molecule has 0 radical (unpaired) electrons. The van der Waals surface area contributed by atoms with Crippen molar-refractivity contribution in [2.24, 2.45) is 5.73 Å². The van der Waals surface area contributed by atoms with Crippen molar-refractivity contribution in [2.45, 2.75) is 45.2 Å². The van der Waals surface area contributed by atoms with Gasteiger partial charge in [-0.1, -0.05) is 38.0 Å². The predicted octanol–water partition coefficient (Wildman–Crippen LogP) is 2.94. The molecule has 0 saturated carbocycles. The molecular formula is C18H29FN2O3. The molecule has 0 bridgehead atoms. The minimum atomic E-state index is -1.76. The fourth-order valence-electron chi connectivity index (χ4n) is 1.87. The fourth-order valence-corrected chi connectivity index (χ4v) is 1.87. The Bertz CT molecular complexity index is 463. The first-order chi connectivity index (χ1) is 11.6. The van der Waals surface area contributed by atoms with Crippen molar-refractivity contribution in [3.63, 3.8) is 0 Å². The van der Waals surface area contributed by atoms with Crippen molar-refractivity contribution in [3.05, 3.63) is 29.8 Å². The van der Waals surface area contributed by atoms with Gasteiger partial charge in [-0.05, 0) is 39.0 Å². The third-order valence-electron chi connectivity index (χ3n) is 3.23. The number of hydrogen-bond acceptors (Lipinski definition) is 5. The van der Waals surface area contributed by atoms with E-state index in [0.29, 0.717) is 0 Å². The lowest BCUT2D eigenvalue weighted by Crippen LogP contribution is -2.08. The first-order valence-electron chi connectivity index (χ1n) is 8.34. The van der Waals surface area contributed by atoms with E-state index in [2.05, 4.69) is 5.32 Å². The second-order valence-corrected chi connectivity index (χ2v) is 5.21. The van der Waals surface area contributed by atoms with Gasteiger partial charge in [-0.15, -0.1) is 0 Å². The molecule has 1 aromatic rings. The number of aldehydes is 1. The van der Waals surface area contributed by atoms with Crippen LogP contribution in [0.2, 0.25) is 0 Å². The van der Waals surface area contributed by atoms with E-state index in [1.54, 1.807) is 19.1 Å². The van der Waals surface area contributed by atoms with Crippen LogP contribution in [0.1, 0.15) is 50.8 Å². The number of benzene rings is 1.